The molecule has 1 aliphatic rings. The Morgan fingerprint density at radius 3 is 2.74 bits per heavy atom. The first-order valence-electron chi connectivity index (χ1n) is 7.47. The van der Waals surface area contributed by atoms with Crippen LogP contribution in [0.2, 0.25) is 0 Å². The first kappa shape index (κ1) is 14.4. The van der Waals surface area contributed by atoms with Crippen molar-refractivity contribution in [2.45, 2.75) is 32.7 Å². The zero-order valence-electron chi connectivity index (χ0n) is 12.2. The number of benzene rings is 1. The van der Waals surface area contributed by atoms with Crippen LogP contribution in [0.25, 0.3) is 0 Å². The van der Waals surface area contributed by atoms with Gasteiger partial charge < -0.3 is 15.0 Å². The lowest BCUT2D eigenvalue weighted by Crippen LogP contribution is -2.26. The average molecular weight is 262 g/mol. The fourth-order valence-corrected chi connectivity index (χ4v) is 2.46. The molecular weight excluding hydrogens is 236 g/mol. The van der Waals surface area contributed by atoms with Crippen LogP contribution in [0.3, 0.4) is 0 Å². The van der Waals surface area contributed by atoms with Crippen molar-refractivity contribution in [2.24, 2.45) is 0 Å². The number of anilines is 1. The number of hydrogen-bond acceptors (Lipinski definition) is 3. The molecule has 1 atom stereocenters. The van der Waals surface area contributed by atoms with E-state index in [0.717, 1.165) is 39.3 Å². The van der Waals surface area contributed by atoms with Crippen molar-refractivity contribution in [2.75, 3.05) is 37.7 Å². The Balaban J connectivity index is 1.96. The zero-order chi connectivity index (χ0) is 13.5. The summed E-state index contributed by atoms with van der Waals surface area (Å²) in [5.41, 5.74) is 2.68. The molecule has 0 spiro atoms. The lowest BCUT2D eigenvalue weighted by Gasteiger charge is -2.23. The monoisotopic (exact) mass is 262 g/mol. The molecular formula is C16H26N2O. The van der Waals surface area contributed by atoms with Gasteiger partial charge in [0.2, 0.25) is 0 Å². The summed E-state index contributed by atoms with van der Waals surface area (Å²) < 4.78 is 5.50. The van der Waals surface area contributed by atoms with Gasteiger partial charge in [0.05, 0.1) is 6.61 Å². The van der Waals surface area contributed by atoms with Crippen LogP contribution in [0.1, 0.15) is 38.3 Å². The molecule has 3 heteroatoms. The zero-order valence-corrected chi connectivity index (χ0v) is 12.2. The van der Waals surface area contributed by atoms with E-state index in [0.29, 0.717) is 6.04 Å². The molecule has 1 aromatic rings. The molecule has 1 aliphatic heterocycles. The molecule has 0 saturated carbocycles. The van der Waals surface area contributed by atoms with Gasteiger partial charge in [-0.2, -0.15) is 0 Å². The minimum Gasteiger partial charge on any atom is -0.380 e. The Kier molecular flexibility index (Phi) is 5.67. The highest BCUT2D eigenvalue weighted by Crippen LogP contribution is 2.20. The summed E-state index contributed by atoms with van der Waals surface area (Å²) in [5, 5.41) is 3.52. The third kappa shape index (κ3) is 4.22. The molecule has 0 bridgehead atoms. The van der Waals surface area contributed by atoms with Gasteiger partial charge >= 0.3 is 0 Å². The number of ether oxygens (including phenoxy) is 1. The Bertz CT molecular complexity index is 356. The Morgan fingerprint density at radius 2 is 2.00 bits per heavy atom. The Labute approximate surface area is 116 Å². The Morgan fingerprint density at radius 1 is 1.21 bits per heavy atom. The van der Waals surface area contributed by atoms with E-state index in [2.05, 4.69) is 48.3 Å². The number of nitrogens with one attached hydrogen (secondary N) is 1. The van der Waals surface area contributed by atoms with Crippen LogP contribution in [-0.4, -0.2) is 32.8 Å². The maximum Gasteiger partial charge on any atom is 0.0641 e. The van der Waals surface area contributed by atoms with Crippen molar-refractivity contribution in [1.29, 1.82) is 0 Å². The van der Waals surface area contributed by atoms with Gasteiger partial charge in [-0.1, -0.05) is 19.1 Å². The summed E-state index contributed by atoms with van der Waals surface area (Å²) in [4.78, 5) is 2.42. The fraction of sp³-hybridized carbons (Fsp3) is 0.625. The van der Waals surface area contributed by atoms with Gasteiger partial charge in [0, 0.05) is 31.4 Å². The summed E-state index contributed by atoms with van der Waals surface area (Å²) in [6.45, 7) is 9.34. The molecule has 0 amide bonds. The molecule has 0 aromatic heterocycles. The minimum atomic E-state index is 0.432. The fourth-order valence-electron chi connectivity index (χ4n) is 2.46. The molecule has 1 unspecified atom stereocenters. The normalized spacial score (nSPS) is 18.1. The standard InChI is InChI=1S/C16H26N2O/c1-3-9-17-14(2)15-5-7-16(8-6-15)18-10-4-12-19-13-11-18/h5-8,14,17H,3-4,9-13H2,1-2H3. The third-order valence-corrected chi connectivity index (χ3v) is 3.68. The van der Waals surface area contributed by atoms with Crippen molar-refractivity contribution in [1.82, 2.24) is 5.32 Å². The molecule has 0 radical (unpaired) electrons. The second-order valence-electron chi connectivity index (χ2n) is 5.22. The molecule has 2 rings (SSSR count). The molecule has 1 N–H and O–H groups in total. The van der Waals surface area contributed by atoms with Crippen LogP contribution >= 0.6 is 0 Å². The SMILES string of the molecule is CCCNC(C)c1ccc(N2CCCOCC2)cc1. The summed E-state index contributed by atoms with van der Waals surface area (Å²) in [6, 6.07) is 9.40. The maximum atomic E-state index is 5.50. The van der Waals surface area contributed by atoms with E-state index in [9.17, 15) is 0 Å². The molecule has 19 heavy (non-hydrogen) atoms. The summed E-state index contributed by atoms with van der Waals surface area (Å²) in [7, 11) is 0. The summed E-state index contributed by atoms with van der Waals surface area (Å²) in [5.74, 6) is 0. The van der Waals surface area contributed by atoms with Crippen LogP contribution in [0.15, 0.2) is 24.3 Å². The molecule has 1 saturated heterocycles. The highest BCUT2D eigenvalue weighted by atomic mass is 16.5. The summed E-state index contributed by atoms with van der Waals surface area (Å²) >= 11 is 0. The number of nitrogens with zero attached hydrogens (tertiary/aromatic N) is 1. The predicted molar refractivity (Wildman–Crippen MR) is 80.8 cm³/mol. The first-order chi connectivity index (χ1) is 9.31. The predicted octanol–water partition coefficient (Wildman–Crippen LogP) is 2.97. The first-order valence-corrected chi connectivity index (χ1v) is 7.47. The minimum absolute atomic E-state index is 0.432. The molecule has 1 aromatic carbocycles. The smallest absolute Gasteiger partial charge is 0.0641 e. The second kappa shape index (κ2) is 7.51. The van der Waals surface area contributed by atoms with Crippen molar-refractivity contribution >= 4 is 5.69 Å². The third-order valence-electron chi connectivity index (χ3n) is 3.68. The van der Waals surface area contributed by atoms with Gasteiger partial charge in [0.15, 0.2) is 0 Å². The van der Waals surface area contributed by atoms with Crippen molar-refractivity contribution < 1.29 is 4.74 Å². The number of rotatable bonds is 5. The van der Waals surface area contributed by atoms with Gasteiger partial charge in [0.25, 0.3) is 0 Å². The van der Waals surface area contributed by atoms with E-state index >= 15 is 0 Å². The van der Waals surface area contributed by atoms with Gasteiger partial charge in [-0.05, 0) is 44.0 Å². The second-order valence-corrected chi connectivity index (χ2v) is 5.22. The molecule has 3 nitrogen and oxygen atoms in total. The molecule has 1 heterocycles. The summed E-state index contributed by atoms with van der Waals surface area (Å²) in [6.07, 6.45) is 2.30. The highest BCUT2D eigenvalue weighted by Gasteiger charge is 2.10. The highest BCUT2D eigenvalue weighted by molar-refractivity contribution is 5.48. The van der Waals surface area contributed by atoms with Crippen LogP contribution < -0.4 is 10.2 Å². The lowest BCUT2D eigenvalue weighted by molar-refractivity contribution is 0.152. The lowest BCUT2D eigenvalue weighted by atomic mass is 10.1. The maximum absolute atomic E-state index is 5.50. The van der Waals surface area contributed by atoms with E-state index in [1.54, 1.807) is 0 Å². The largest absolute Gasteiger partial charge is 0.380 e. The van der Waals surface area contributed by atoms with E-state index < -0.39 is 0 Å². The van der Waals surface area contributed by atoms with Gasteiger partial charge in [-0.25, -0.2) is 0 Å². The van der Waals surface area contributed by atoms with Crippen LogP contribution in [-0.2, 0) is 4.74 Å². The van der Waals surface area contributed by atoms with Crippen LogP contribution in [0.4, 0.5) is 5.69 Å². The van der Waals surface area contributed by atoms with Crippen molar-refractivity contribution in [3.63, 3.8) is 0 Å². The Hall–Kier alpha value is -1.06. The van der Waals surface area contributed by atoms with Gasteiger partial charge in [-0.15, -0.1) is 0 Å². The quantitative estimate of drug-likeness (QED) is 0.883. The van der Waals surface area contributed by atoms with Crippen LogP contribution in [0.5, 0.6) is 0 Å². The van der Waals surface area contributed by atoms with Gasteiger partial charge in [0.1, 0.15) is 0 Å². The van der Waals surface area contributed by atoms with E-state index in [4.69, 9.17) is 4.74 Å². The average Bonchev–Trinajstić information content (AvgIpc) is 2.74. The molecule has 106 valence electrons. The number of hydrogen-bond donors (Lipinski definition) is 1. The van der Waals surface area contributed by atoms with Crippen molar-refractivity contribution in [3.05, 3.63) is 29.8 Å². The molecule has 1 fully saturated rings. The van der Waals surface area contributed by atoms with Crippen molar-refractivity contribution in [3.8, 4) is 0 Å². The van der Waals surface area contributed by atoms with Crippen LogP contribution in [0, 0.1) is 0 Å². The van der Waals surface area contributed by atoms with E-state index in [-0.39, 0.29) is 0 Å². The molecule has 0 aliphatic carbocycles. The topological polar surface area (TPSA) is 24.5 Å². The van der Waals surface area contributed by atoms with E-state index in [1.807, 2.05) is 0 Å². The van der Waals surface area contributed by atoms with Gasteiger partial charge in [-0.3, -0.25) is 0 Å². The van der Waals surface area contributed by atoms with E-state index in [1.165, 1.54) is 17.7 Å².